The minimum Gasteiger partial charge on any atom is -0.483 e. The summed E-state index contributed by atoms with van der Waals surface area (Å²) in [5.41, 5.74) is 1.17. The second kappa shape index (κ2) is 7.97. The summed E-state index contributed by atoms with van der Waals surface area (Å²) in [5.74, 6) is 0.845. The van der Waals surface area contributed by atoms with E-state index in [4.69, 9.17) is 4.74 Å². The number of benzene rings is 2. The SMILES string of the molecule is CC(C)NCC(Oc1ccc(Br)cc1Br)c1ccccc1. The summed E-state index contributed by atoms with van der Waals surface area (Å²) in [6.45, 7) is 5.04. The van der Waals surface area contributed by atoms with E-state index in [1.165, 1.54) is 5.56 Å². The first kappa shape index (κ1) is 16.5. The predicted octanol–water partition coefficient (Wildman–Crippen LogP) is 5.33. The third-order valence-corrected chi connectivity index (χ3v) is 4.16. The third kappa shape index (κ3) is 5.13. The lowest BCUT2D eigenvalue weighted by Gasteiger charge is -2.22. The zero-order valence-corrected chi connectivity index (χ0v) is 15.3. The van der Waals surface area contributed by atoms with Crippen molar-refractivity contribution in [2.24, 2.45) is 0 Å². The highest BCUT2D eigenvalue weighted by atomic mass is 79.9. The molecule has 4 heteroatoms. The van der Waals surface area contributed by atoms with Crippen molar-refractivity contribution in [1.82, 2.24) is 5.32 Å². The molecule has 1 atom stereocenters. The van der Waals surface area contributed by atoms with E-state index in [2.05, 4.69) is 63.2 Å². The van der Waals surface area contributed by atoms with Crippen LogP contribution in [0.4, 0.5) is 0 Å². The van der Waals surface area contributed by atoms with Crippen LogP contribution in [0, 0.1) is 0 Å². The van der Waals surface area contributed by atoms with Crippen LogP contribution < -0.4 is 10.1 Å². The lowest BCUT2D eigenvalue weighted by Crippen LogP contribution is -2.30. The zero-order valence-electron chi connectivity index (χ0n) is 12.1. The van der Waals surface area contributed by atoms with Crippen LogP contribution in [0.5, 0.6) is 5.75 Å². The second-order valence-electron chi connectivity index (χ2n) is 5.15. The van der Waals surface area contributed by atoms with Gasteiger partial charge in [-0.05, 0) is 39.7 Å². The van der Waals surface area contributed by atoms with Gasteiger partial charge in [0.15, 0.2) is 0 Å². The lowest BCUT2D eigenvalue weighted by atomic mass is 10.1. The Balaban J connectivity index is 2.19. The van der Waals surface area contributed by atoms with Crippen molar-refractivity contribution in [2.45, 2.75) is 26.0 Å². The highest BCUT2D eigenvalue weighted by Crippen LogP contribution is 2.31. The fraction of sp³-hybridized carbons (Fsp3) is 0.294. The van der Waals surface area contributed by atoms with Crippen LogP contribution in [-0.2, 0) is 0 Å². The average Bonchev–Trinajstić information content (AvgIpc) is 2.46. The number of ether oxygens (including phenoxy) is 1. The van der Waals surface area contributed by atoms with E-state index in [0.29, 0.717) is 6.04 Å². The van der Waals surface area contributed by atoms with E-state index < -0.39 is 0 Å². The van der Waals surface area contributed by atoms with Gasteiger partial charge in [0.05, 0.1) is 4.47 Å². The molecule has 1 N–H and O–H groups in total. The van der Waals surface area contributed by atoms with Gasteiger partial charge in [-0.15, -0.1) is 0 Å². The van der Waals surface area contributed by atoms with E-state index in [-0.39, 0.29) is 6.10 Å². The largest absolute Gasteiger partial charge is 0.483 e. The molecule has 0 bridgehead atoms. The molecule has 112 valence electrons. The molecule has 0 aliphatic rings. The van der Waals surface area contributed by atoms with E-state index >= 15 is 0 Å². The van der Waals surface area contributed by atoms with Gasteiger partial charge in [-0.2, -0.15) is 0 Å². The molecule has 0 heterocycles. The number of hydrogen-bond donors (Lipinski definition) is 1. The van der Waals surface area contributed by atoms with Crippen LogP contribution in [0.1, 0.15) is 25.5 Å². The fourth-order valence-corrected chi connectivity index (χ4v) is 3.10. The van der Waals surface area contributed by atoms with E-state index in [9.17, 15) is 0 Å². The predicted molar refractivity (Wildman–Crippen MR) is 94.8 cm³/mol. The summed E-state index contributed by atoms with van der Waals surface area (Å²) in [4.78, 5) is 0. The van der Waals surface area contributed by atoms with E-state index in [1.807, 2.05) is 36.4 Å². The van der Waals surface area contributed by atoms with Crippen molar-refractivity contribution in [3.63, 3.8) is 0 Å². The Morgan fingerprint density at radius 2 is 1.76 bits per heavy atom. The Morgan fingerprint density at radius 3 is 2.38 bits per heavy atom. The van der Waals surface area contributed by atoms with E-state index in [0.717, 1.165) is 21.2 Å². The molecule has 2 nitrogen and oxygen atoms in total. The molecular weight excluding hydrogens is 394 g/mol. The standard InChI is InChI=1S/C17H19Br2NO/c1-12(2)20-11-17(13-6-4-3-5-7-13)21-16-9-8-14(18)10-15(16)19/h3-10,12,17,20H,11H2,1-2H3. The molecule has 2 rings (SSSR count). The normalized spacial score (nSPS) is 12.4. The minimum atomic E-state index is -0.0222. The first-order valence-corrected chi connectivity index (χ1v) is 8.55. The van der Waals surface area contributed by atoms with Crippen LogP contribution in [0.3, 0.4) is 0 Å². The summed E-state index contributed by atoms with van der Waals surface area (Å²) in [5, 5.41) is 3.45. The van der Waals surface area contributed by atoms with Crippen molar-refractivity contribution in [3.8, 4) is 5.75 Å². The van der Waals surface area contributed by atoms with Crippen LogP contribution in [0.15, 0.2) is 57.5 Å². The molecule has 2 aromatic rings. The molecule has 0 saturated heterocycles. The van der Waals surface area contributed by atoms with E-state index in [1.54, 1.807) is 0 Å². The third-order valence-electron chi connectivity index (χ3n) is 3.05. The highest BCUT2D eigenvalue weighted by molar-refractivity contribution is 9.11. The topological polar surface area (TPSA) is 21.3 Å². The Labute approximate surface area is 143 Å². The maximum atomic E-state index is 6.21. The number of halogens is 2. The van der Waals surface area contributed by atoms with Gasteiger partial charge in [0.1, 0.15) is 11.9 Å². The van der Waals surface area contributed by atoms with Gasteiger partial charge in [0.25, 0.3) is 0 Å². The molecule has 0 radical (unpaired) electrons. The molecule has 0 aliphatic carbocycles. The lowest BCUT2D eigenvalue weighted by molar-refractivity contribution is 0.197. The highest BCUT2D eigenvalue weighted by Gasteiger charge is 2.15. The Hall–Kier alpha value is -0.840. The average molecular weight is 413 g/mol. The van der Waals surface area contributed by atoms with Gasteiger partial charge in [-0.3, -0.25) is 0 Å². The van der Waals surface area contributed by atoms with Gasteiger partial charge in [-0.1, -0.05) is 60.1 Å². The smallest absolute Gasteiger partial charge is 0.136 e. The van der Waals surface area contributed by atoms with Crippen molar-refractivity contribution in [2.75, 3.05) is 6.54 Å². The summed E-state index contributed by atoms with van der Waals surface area (Å²) in [6.07, 6.45) is -0.0222. The molecule has 1 unspecified atom stereocenters. The Bertz CT molecular complexity index is 572. The quantitative estimate of drug-likeness (QED) is 0.692. The number of rotatable bonds is 6. The van der Waals surface area contributed by atoms with Gasteiger partial charge < -0.3 is 10.1 Å². The Morgan fingerprint density at radius 1 is 1.05 bits per heavy atom. The molecule has 0 amide bonds. The Kier molecular flexibility index (Phi) is 6.27. The fourth-order valence-electron chi connectivity index (χ4n) is 1.96. The maximum absolute atomic E-state index is 6.21. The number of hydrogen-bond acceptors (Lipinski definition) is 2. The first-order chi connectivity index (χ1) is 10.1. The first-order valence-electron chi connectivity index (χ1n) is 6.96. The second-order valence-corrected chi connectivity index (χ2v) is 6.92. The molecular formula is C17H19Br2NO. The summed E-state index contributed by atoms with van der Waals surface area (Å²) in [6, 6.07) is 16.7. The van der Waals surface area contributed by atoms with Crippen LogP contribution in [0.2, 0.25) is 0 Å². The molecule has 0 aliphatic heterocycles. The van der Waals surface area contributed by atoms with Gasteiger partial charge >= 0.3 is 0 Å². The summed E-state index contributed by atoms with van der Waals surface area (Å²) >= 11 is 7.01. The summed E-state index contributed by atoms with van der Waals surface area (Å²) < 4.78 is 8.18. The van der Waals surface area contributed by atoms with Crippen molar-refractivity contribution in [3.05, 3.63) is 63.0 Å². The van der Waals surface area contributed by atoms with Crippen LogP contribution in [-0.4, -0.2) is 12.6 Å². The van der Waals surface area contributed by atoms with Gasteiger partial charge in [0, 0.05) is 17.1 Å². The van der Waals surface area contributed by atoms with Crippen molar-refractivity contribution in [1.29, 1.82) is 0 Å². The monoisotopic (exact) mass is 411 g/mol. The van der Waals surface area contributed by atoms with Gasteiger partial charge in [0.2, 0.25) is 0 Å². The minimum absolute atomic E-state index is 0.0222. The zero-order chi connectivity index (χ0) is 15.2. The molecule has 0 aromatic heterocycles. The molecule has 0 fully saturated rings. The molecule has 0 saturated carbocycles. The number of nitrogens with one attached hydrogen (secondary N) is 1. The molecule has 2 aromatic carbocycles. The van der Waals surface area contributed by atoms with Crippen LogP contribution in [0.25, 0.3) is 0 Å². The van der Waals surface area contributed by atoms with Gasteiger partial charge in [-0.25, -0.2) is 0 Å². The van der Waals surface area contributed by atoms with Crippen LogP contribution >= 0.6 is 31.9 Å². The maximum Gasteiger partial charge on any atom is 0.136 e. The molecule has 0 spiro atoms. The molecule has 21 heavy (non-hydrogen) atoms. The van der Waals surface area contributed by atoms with Crippen molar-refractivity contribution < 1.29 is 4.74 Å². The summed E-state index contributed by atoms with van der Waals surface area (Å²) in [7, 11) is 0. The van der Waals surface area contributed by atoms with Crippen molar-refractivity contribution >= 4 is 31.9 Å².